The number of anilines is 1. The summed E-state index contributed by atoms with van der Waals surface area (Å²) in [5, 5.41) is 8.97. The van der Waals surface area contributed by atoms with Crippen LogP contribution in [0.4, 0.5) is 5.95 Å². The summed E-state index contributed by atoms with van der Waals surface area (Å²) in [4.78, 5) is 19.6. The minimum absolute atomic E-state index is 0.184. The molecule has 4 rings (SSSR count). The predicted octanol–water partition coefficient (Wildman–Crippen LogP) is 4.52. The average Bonchev–Trinajstić information content (AvgIpc) is 2.84. The van der Waals surface area contributed by atoms with E-state index in [-0.39, 0.29) is 12.4 Å². The van der Waals surface area contributed by atoms with Crippen molar-refractivity contribution in [2.75, 3.05) is 5.73 Å². The first kappa shape index (κ1) is 21.9. The Morgan fingerprint density at radius 2 is 1.48 bits per heavy atom. The highest BCUT2D eigenvalue weighted by Gasteiger charge is 2.12. The lowest BCUT2D eigenvalue weighted by Gasteiger charge is -2.08. The number of hydrogen-bond donors (Lipinski definition) is 3. The van der Waals surface area contributed by atoms with E-state index in [9.17, 15) is 4.79 Å². The van der Waals surface area contributed by atoms with Gasteiger partial charge in [0.05, 0.1) is 11.4 Å². The van der Waals surface area contributed by atoms with Gasteiger partial charge in [-0.05, 0) is 40.8 Å². The van der Waals surface area contributed by atoms with Crippen LogP contribution in [0.2, 0.25) is 0 Å². The Hall–Kier alpha value is -4.29. The van der Waals surface area contributed by atoms with Gasteiger partial charge in [-0.25, -0.2) is 9.97 Å². The quantitative estimate of drug-likeness (QED) is 0.392. The van der Waals surface area contributed by atoms with E-state index >= 15 is 0 Å². The summed E-state index contributed by atoms with van der Waals surface area (Å²) >= 11 is 0. The molecule has 0 aliphatic rings. The number of hydrogen-bond acceptors (Lipinski definition) is 5. The molecule has 3 aromatic carbocycles. The molecule has 0 aliphatic carbocycles. The Bertz CT molecular complexity index is 1270. The molecule has 33 heavy (non-hydrogen) atoms. The van der Waals surface area contributed by atoms with E-state index in [1.54, 1.807) is 0 Å². The zero-order valence-electron chi connectivity index (χ0n) is 17.9. The van der Waals surface area contributed by atoms with Gasteiger partial charge in [0, 0.05) is 5.56 Å². The van der Waals surface area contributed by atoms with E-state index in [0.717, 1.165) is 22.3 Å². The number of aromatic nitrogens is 2. The van der Waals surface area contributed by atoms with Crippen LogP contribution in [0.1, 0.15) is 16.8 Å². The van der Waals surface area contributed by atoms with Gasteiger partial charge in [-0.2, -0.15) is 0 Å². The number of aliphatic carboxylic acids is 1. The first-order valence-electron chi connectivity index (χ1n) is 10.5. The predicted molar refractivity (Wildman–Crippen MR) is 132 cm³/mol. The van der Waals surface area contributed by atoms with Crippen LogP contribution in [0.3, 0.4) is 0 Å². The summed E-state index contributed by atoms with van der Waals surface area (Å²) in [5.74, 6) is -0.836. The van der Waals surface area contributed by atoms with E-state index in [1.807, 2.05) is 60.7 Å². The Morgan fingerprint density at radius 1 is 0.848 bits per heavy atom. The number of nitrogen functional groups attached to an aromatic ring is 1. The number of benzene rings is 3. The molecular formula is C27H24N4O2. The van der Waals surface area contributed by atoms with E-state index in [1.165, 1.54) is 5.56 Å². The van der Waals surface area contributed by atoms with Crippen molar-refractivity contribution >= 4 is 24.1 Å². The van der Waals surface area contributed by atoms with Gasteiger partial charge in [0.25, 0.3) is 0 Å². The molecule has 0 saturated heterocycles. The van der Waals surface area contributed by atoms with Crippen molar-refractivity contribution in [2.45, 2.75) is 12.5 Å². The number of nitrogens with zero attached hydrogens (tertiary/aromatic N) is 2. The van der Waals surface area contributed by atoms with Crippen LogP contribution in [0.25, 0.3) is 34.5 Å². The van der Waals surface area contributed by atoms with Gasteiger partial charge in [0.2, 0.25) is 5.95 Å². The number of carboxylic acids is 1. The molecule has 6 heteroatoms. The maximum atomic E-state index is 11.0. The third kappa shape index (κ3) is 5.70. The number of carboxylic acid groups (broad SMARTS) is 1. The lowest BCUT2D eigenvalue weighted by molar-refractivity contribution is -0.138. The third-order valence-electron chi connectivity index (χ3n) is 5.25. The summed E-state index contributed by atoms with van der Waals surface area (Å²) in [7, 11) is 0. The van der Waals surface area contributed by atoms with E-state index in [2.05, 4.69) is 46.4 Å². The molecule has 0 aliphatic heterocycles. The first-order chi connectivity index (χ1) is 16.0. The maximum Gasteiger partial charge on any atom is 0.320 e. The van der Waals surface area contributed by atoms with Crippen LogP contribution in [0, 0.1) is 0 Å². The fourth-order valence-electron chi connectivity index (χ4n) is 3.47. The fourth-order valence-corrected chi connectivity index (χ4v) is 3.47. The van der Waals surface area contributed by atoms with Crippen molar-refractivity contribution in [1.82, 2.24) is 9.97 Å². The molecule has 0 spiro atoms. The summed E-state index contributed by atoms with van der Waals surface area (Å²) in [5.41, 5.74) is 18.0. The fraction of sp³-hybridized carbons (Fsp3) is 0.0741. The van der Waals surface area contributed by atoms with Gasteiger partial charge < -0.3 is 16.6 Å². The number of rotatable bonds is 7. The second-order valence-electron chi connectivity index (χ2n) is 7.70. The summed E-state index contributed by atoms with van der Waals surface area (Å²) in [6, 6.07) is 26.9. The van der Waals surface area contributed by atoms with Crippen molar-refractivity contribution in [3.63, 3.8) is 0 Å². The van der Waals surface area contributed by atoms with Gasteiger partial charge in [0.15, 0.2) is 0 Å². The van der Waals surface area contributed by atoms with Crippen molar-refractivity contribution in [1.29, 1.82) is 0 Å². The molecule has 0 saturated carbocycles. The number of nitrogens with two attached hydrogens (primary N) is 2. The third-order valence-corrected chi connectivity index (χ3v) is 5.25. The first-order valence-corrected chi connectivity index (χ1v) is 10.5. The van der Waals surface area contributed by atoms with Crippen molar-refractivity contribution in [2.24, 2.45) is 5.73 Å². The van der Waals surface area contributed by atoms with E-state index in [4.69, 9.17) is 16.6 Å². The molecule has 4 aromatic rings. The van der Waals surface area contributed by atoms with Crippen LogP contribution >= 0.6 is 0 Å². The molecule has 5 N–H and O–H groups in total. The van der Waals surface area contributed by atoms with Crippen LogP contribution in [0.5, 0.6) is 0 Å². The van der Waals surface area contributed by atoms with Crippen LogP contribution in [0.15, 0.2) is 84.9 Å². The van der Waals surface area contributed by atoms with Crippen LogP contribution < -0.4 is 11.5 Å². The normalized spacial score (nSPS) is 12.0. The largest absolute Gasteiger partial charge is 0.480 e. The monoisotopic (exact) mass is 436 g/mol. The van der Waals surface area contributed by atoms with Crippen molar-refractivity contribution < 1.29 is 9.90 Å². The highest BCUT2D eigenvalue weighted by molar-refractivity contribution is 5.74. The Balaban J connectivity index is 1.50. The highest BCUT2D eigenvalue weighted by Crippen LogP contribution is 2.22. The maximum absolute atomic E-state index is 11.0. The topological polar surface area (TPSA) is 115 Å². The van der Waals surface area contributed by atoms with Crippen LogP contribution in [-0.4, -0.2) is 27.1 Å². The zero-order chi connectivity index (χ0) is 23.2. The second-order valence-corrected chi connectivity index (χ2v) is 7.70. The Morgan fingerprint density at radius 3 is 2.15 bits per heavy atom. The van der Waals surface area contributed by atoms with Crippen molar-refractivity contribution in [3.8, 4) is 22.4 Å². The molecule has 0 amide bonds. The molecule has 0 fully saturated rings. The zero-order valence-corrected chi connectivity index (χ0v) is 17.9. The van der Waals surface area contributed by atoms with Gasteiger partial charge in [-0.15, -0.1) is 0 Å². The molecule has 0 bridgehead atoms. The van der Waals surface area contributed by atoms with E-state index in [0.29, 0.717) is 11.4 Å². The van der Waals surface area contributed by atoms with Gasteiger partial charge in [-0.1, -0.05) is 84.9 Å². The second kappa shape index (κ2) is 9.89. The molecule has 1 atom stereocenters. The average molecular weight is 437 g/mol. The summed E-state index contributed by atoms with van der Waals surface area (Å²) in [6.07, 6.45) is 4.15. The number of carbonyl (C=O) groups is 1. The van der Waals surface area contributed by atoms with Crippen LogP contribution in [-0.2, 0) is 11.2 Å². The van der Waals surface area contributed by atoms with Gasteiger partial charge in [-0.3, -0.25) is 4.79 Å². The van der Waals surface area contributed by atoms with Gasteiger partial charge in [0.1, 0.15) is 6.04 Å². The standard InChI is InChI=1S/C27H24N4O2/c28-24(26(32)33)16-19-8-13-22(14-9-19)25-17-23(30-27(29)31-25)15-10-18-6-11-21(12-7-18)20-4-2-1-3-5-20/h1-15,17,24H,16,28H2,(H,32,33)(H2,29,30,31)/t24-/m0/s1. The molecule has 164 valence electrons. The lowest BCUT2D eigenvalue weighted by Crippen LogP contribution is -2.32. The molecular weight excluding hydrogens is 412 g/mol. The SMILES string of the molecule is Nc1nc(C=Cc2ccc(-c3ccccc3)cc2)cc(-c2ccc(C[C@H](N)C(=O)O)cc2)n1. The van der Waals surface area contributed by atoms with Gasteiger partial charge >= 0.3 is 5.97 Å². The molecule has 0 radical (unpaired) electrons. The minimum Gasteiger partial charge on any atom is -0.480 e. The van der Waals surface area contributed by atoms with E-state index < -0.39 is 12.0 Å². The smallest absolute Gasteiger partial charge is 0.320 e. The molecule has 0 unspecified atom stereocenters. The Kier molecular flexibility index (Phi) is 6.57. The molecule has 1 heterocycles. The minimum atomic E-state index is -1.02. The Labute approximate surface area is 192 Å². The molecule has 6 nitrogen and oxygen atoms in total. The highest BCUT2D eigenvalue weighted by atomic mass is 16.4. The van der Waals surface area contributed by atoms with Crippen molar-refractivity contribution in [3.05, 3.63) is 102 Å². The molecule has 1 aromatic heterocycles. The summed E-state index contributed by atoms with van der Waals surface area (Å²) < 4.78 is 0. The summed E-state index contributed by atoms with van der Waals surface area (Å²) in [6.45, 7) is 0. The lowest BCUT2D eigenvalue weighted by atomic mass is 10.0.